The summed E-state index contributed by atoms with van der Waals surface area (Å²) in [7, 11) is 1.39. The SMILES string of the molecule is CC(=O)C(C(=O)O)N(C)C(=N)Nc1ccccc1. The van der Waals surface area contributed by atoms with Crippen molar-refractivity contribution in [3.63, 3.8) is 0 Å². The van der Waals surface area contributed by atoms with Gasteiger partial charge in [-0.15, -0.1) is 0 Å². The van der Waals surface area contributed by atoms with Gasteiger partial charge >= 0.3 is 5.97 Å². The van der Waals surface area contributed by atoms with Gasteiger partial charge in [-0.05, 0) is 19.1 Å². The maximum absolute atomic E-state index is 11.2. The zero-order valence-corrected chi connectivity index (χ0v) is 10.2. The second-order valence-corrected chi connectivity index (χ2v) is 3.80. The van der Waals surface area contributed by atoms with Crippen molar-refractivity contribution in [2.24, 2.45) is 0 Å². The number of hydrogen-bond acceptors (Lipinski definition) is 3. The van der Waals surface area contributed by atoms with Crippen LogP contribution in [0.2, 0.25) is 0 Å². The van der Waals surface area contributed by atoms with Crippen molar-refractivity contribution in [3.05, 3.63) is 30.3 Å². The molecule has 3 N–H and O–H groups in total. The van der Waals surface area contributed by atoms with Gasteiger partial charge in [0.05, 0.1) is 0 Å². The quantitative estimate of drug-likeness (QED) is 0.420. The minimum atomic E-state index is -1.35. The number of para-hydroxylation sites is 1. The summed E-state index contributed by atoms with van der Waals surface area (Å²) in [6.07, 6.45) is 0. The number of guanidine groups is 1. The molecule has 6 nitrogen and oxygen atoms in total. The van der Waals surface area contributed by atoms with Gasteiger partial charge in [-0.2, -0.15) is 0 Å². The van der Waals surface area contributed by atoms with Crippen molar-refractivity contribution < 1.29 is 14.7 Å². The van der Waals surface area contributed by atoms with Crippen molar-refractivity contribution in [1.29, 1.82) is 5.41 Å². The van der Waals surface area contributed by atoms with E-state index in [4.69, 9.17) is 10.5 Å². The Kier molecular flexibility index (Phi) is 4.42. The van der Waals surface area contributed by atoms with Gasteiger partial charge in [-0.1, -0.05) is 18.2 Å². The van der Waals surface area contributed by atoms with E-state index in [1.807, 2.05) is 6.07 Å². The first kappa shape index (κ1) is 13.7. The number of likely N-dealkylation sites (N-methyl/N-ethyl adjacent to an activating group) is 1. The molecule has 0 aliphatic rings. The van der Waals surface area contributed by atoms with Crippen LogP contribution in [0.15, 0.2) is 30.3 Å². The van der Waals surface area contributed by atoms with E-state index in [9.17, 15) is 9.59 Å². The van der Waals surface area contributed by atoms with Gasteiger partial charge in [0.1, 0.15) is 0 Å². The Balaban J connectivity index is 2.77. The molecule has 0 bridgehead atoms. The number of nitrogens with zero attached hydrogens (tertiary/aromatic N) is 1. The van der Waals surface area contributed by atoms with E-state index in [-0.39, 0.29) is 5.96 Å². The van der Waals surface area contributed by atoms with Crippen LogP contribution >= 0.6 is 0 Å². The van der Waals surface area contributed by atoms with Crippen LogP contribution in [0.1, 0.15) is 6.92 Å². The highest BCUT2D eigenvalue weighted by Crippen LogP contribution is 2.07. The fourth-order valence-electron chi connectivity index (χ4n) is 1.49. The zero-order chi connectivity index (χ0) is 13.7. The largest absolute Gasteiger partial charge is 0.479 e. The molecular formula is C12H15N3O3. The van der Waals surface area contributed by atoms with Gasteiger partial charge in [0.15, 0.2) is 17.8 Å². The van der Waals surface area contributed by atoms with E-state index in [1.54, 1.807) is 24.3 Å². The molecule has 0 amide bonds. The molecule has 0 heterocycles. The predicted octanol–water partition coefficient (Wildman–Crippen LogP) is 1.01. The number of benzene rings is 1. The molecule has 96 valence electrons. The fraction of sp³-hybridized carbons (Fsp3) is 0.250. The van der Waals surface area contributed by atoms with Crippen LogP contribution in [0.3, 0.4) is 0 Å². The molecule has 0 aliphatic carbocycles. The van der Waals surface area contributed by atoms with Crippen LogP contribution in [0.4, 0.5) is 5.69 Å². The average molecular weight is 249 g/mol. The lowest BCUT2D eigenvalue weighted by molar-refractivity contribution is -0.145. The number of Topliss-reactive ketones (excluding diaryl/α,β-unsaturated/α-hetero) is 1. The van der Waals surface area contributed by atoms with E-state index in [1.165, 1.54) is 14.0 Å². The summed E-state index contributed by atoms with van der Waals surface area (Å²) in [5, 5.41) is 19.4. The fourth-order valence-corrected chi connectivity index (χ4v) is 1.49. The van der Waals surface area contributed by atoms with Crippen LogP contribution < -0.4 is 5.32 Å². The Hall–Kier alpha value is -2.37. The second kappa shape index (κ2) is 5.81. The predicted molar refractivity (Wildman–Crippen MR) is 67.7 cm³/mol. The Morgan fingerprint density at radius 3 is 2.33 bits per heavy atom. The normalized spacial score (nSPS) is 11.4. The Bertz CT molecular complexity index is 445. The smallest absolute Gasteiger partial charge is 0.334 e. The van der Waals surface area contributed by atoms with Gasteiger partial charge in [-0.25, -0.2) is 4.79 Å². The van der Waals surface area contributed by atoms with E-state index < -0.39 is 17.8 Å². The van der Waals surface area contributed by atoms with Crippen molar-refractivity contribution in [3.8, 4) is 0 Å². The minimum absolute atomic E-state index is 0.149. The summed E-state index contributed by atoms with van der Waals surface area (Å²) in [6, 6.07) is 7.53. The lowest BCUT2D eigenvalue weighted by atomic mass is 10.2. The first-order valence-electron chi connectivity index (χ1n) is 5.30. The molecule has 1 atom stereocenters. The molecule has 0 fully saturated rings. The monoisotopic (exact) mass is 249 g/mol. The van der Waals surface area contributed by atoms with Crippen LogP contribution in [0, 0.1) is 5.41 Å². The first-order valence-corrected chi connectivity index (χ1v) is 5.30. The van der Waals surface area contributed by atoms with Crippen molar-refractivity contribution >= 4 is 23.4 Å². The van der Waals surface area contributed by atoms with Crippen LogP contribution in [0.25, 0.3) is 0 Å². The highest BCUT2D eigenvalue weighted by atomic mass is 16.4. The molecule has 0 aliphatic heterocycles. The van der Waals surface area contributed by atoms with Crippen LogP contribution in [-0.2, 0) is 9.59 Å². The lowest BCUT2D eigenvalue weighted by Crippen LogP contribution is -2.48. The molecular weight excluding hydrogens is 234 g/mol. The molecule has 0 aromatic heterocycles. The third kappa shape index (κ3) is 3.31. The molecule has 0 saturated heterocycles. The molecule has 1 aromatic carbocycles. The minimum Gasteiger partial charge on any atom is -0.479 e. The molecule has 1 aromatic rings. The summed E-state index contributed by atoms with van der Waals surface area (Å²) in [4.78, 5) is 23.3. The maximum Gasteiger partial charge on any atom is 0.334 e. The van der Waals surface area contributed by atoms with Gasteiger partial charge in [0.2, 0.25) is 0 Å². The Labute approximate surface area is 105 Å². The molecule has 18 heavy (non-hydrogen) atoms. The molecule has 1 rings (SSSR count). The van der Waals surface area contributed by atoms with Crippen molar-refractivity contribution in [2.45, 2.75) is 13.0 Å². The molecule has 0 saturated carbocycles. The summed E-state index contributed by atoms with van der Waals surface area (Å²) in [5.41, 5.74) is 0.655. The number of rotatable bonds is 4. The van der Waals surface area contributed by atoms with Crippen LogP contribution in [-0.4, -0.2) is 40.8 Å². The highest BCUT2D eigenvalue weighted by Gasteiger charge is 2.29. The van der Waals surface area contributed by atoms with Gasteiger partial charge in [-0.3, -0.25) is 10.2 Å². The van der Waals surface area contributed by atoms with Crippen LogP contribution in [0.5, 0.6) is 0 Å². The van der Waals surface area contributed by atoms with Gasteiger partial charge in [0.25, 0.3) is 0 Å². The van der Waals surface area contributed by atoms with E-state index in [0.717, 1.165) is 4.90 Å². The topological polar surface area (TPSA) is 93.5 Å². The third-order valence-corrected chi connectivity index (χ3v) is 2.40. The zero-order valence-electron chi connectivity index (χ0n) is 10.2. The number of ketones is 1. The van der Waals surface area contributed by atoms with Gasteiger partial charge < -0.3 is 15.3 Å². The van der Waals surface area contributed by atoms with E-state index >= 15 is 0 Å². The molecule has 6 heteroatoms. The van der Waals surface area contributed by atoms with E-state index in [0.29, 0.717) is 5.69 Å². The second-order valence-electron chi connectivity index (χ2n) is 3.80. The number of carbonyl (C=O) groups is 2. The van der Waals surface area contributed by atoms with Gasteiger partial charge in [0, 0.05) is 12.7 Å². The molecule has 0 spiro atoms. The molecule has 0 radical (unpaired) electrons. The Morgan fingerprint density at radius 1 is 1.33 bits per heavy atom. The average Bonchev–Trinajstić information content (AvgIpc) is 2.29. The summed E-state index contributed by atoms with van der Waals surface area (Å²) in [6.45, 7) is 1.19. The third-order valence-electron chi connectivity index (χ3n) is 2.40. The molecule has 1 unspecified atom stereocenters. The number of carbonyl (C=O) groups excluding carboxylic acids is 1. The Morgan fingerprint density at radius 2 is 1.89 bits per heavy atom. The number of carboxylic acid groups (broad SMARTS) is 1. The standard InChI is InChI=1S/C12H15N3O3/c1-8(16)10(11(17)18)15(2)12(13)14-9-6-4-3-5-7-9/h3-7,10H,1-2H3,(H2,13,14)(H,17,18). The number of nitrogens with one attached hydrogen (secondary N) is 2. The summed E-state index contributed by atoms with van der Waals surface area (Å²) < 4.78 is 0. The number of carboxylic acids is 1. The van der Waals surface area contributed by atoms with E-state index in [2.05, 4.69) is 5.32 Å². The first-order chi connectivity index (χ1) is 8.43. The summed E-state index contributed by atoms with van der Waals surface area (Å²) in [5.74, 6) is -1.95. The lowest BCUT2D eigenvalue weighted by Gasteiger charge is -2.25. The number of anilines is 1. The van der Waals surface area contributed by atoms with Crippen molar-refractivity contribution in [2.75, 3.05) is 12.4 Å². The number of hydrogen-bond donors (Lipinski definition) is 3. The van der Waals surface area contributed by atoms with Crippen molar-refractivity contribution in [1.82, 2.24) is 4.90 Å². The summed E-state index contributed by atoms with van der Waals surface area (Å²) >= 11 is 0. The number of aliphatic carboxylic acids is 1. The maximum atomic E-state index is 11.2. The highest BCUT2D eigenvalue weighted by molar-refractivity contribution is 6.05.